The summed E-state index contributed by atoms with van der Waals surface area (Å²) in [5.74, 6) is 0.258. The van der Waals surface area contributed by atoms with Gasteiger partial charge in [-0.3, -0.25) is 4.79 Å². The summed E-state index contributed by atoms with van der Waals surface area (Å²) in [6.07, 6.45) is 4.82. The van der Waals surface area contributed by atoms with Crippen molar-refractivity contribution in [2.24, 2.45) is 0 Å². The first-order valence-electron chi connectivity index (χ1n) is 6.39. The molecule has 0 aromatic heterocycles. The molecule has 2 rings (SSSR count). The van der Waals surface area contributed by atoms with Gasteiger partial charge in [-0.15, -0.1) is 0 Å². The van der Waals surface area contributed by atoms with Crippen LogP contribution in [0.2, 0.25) is 0 Å². The summed E-state index contributed by atoms with van der Waals surface area (Å²) in [7, 11) is 0. The highest BCUT2D eigenvalue weighted by Crippen LogP contribution is 2.18. The van der Waals surface area contributed by atoms with Crippen LogP contribution in [0.1, 0.15) is 25.3 Å². The topological polar surface area (TPSA) is 20.3 Å². The van der Waals surface area contributed by atoms with Gasteiger partial charge in [-0.2, -0.15) is 0 Å². The Morgan fingerprint density at radius 2 is 2.06 bits per heavy atom. The van der Waals surface area contributed by atoms with E-state index in [2.05, 4.69) is 46.3 Å². The highest BCUT2D eigenvalue weighted by Gasteiger charge is 2.15. The molecule has 3 heteroatoms. The van der Waals surface area contributed by atoms with Gasteiger partial charge in [0.25, 0.3) is 0 Å². The van der Waals surface area contributed by atoms with Crippen molar-refractivity contribution in [1.82, 2.24) is 4.90 Å². The molecule has 0 bridgehead atoms. The van der Waals surface area contributed by atoms with E-state index in [1.54, 1.807) is 0 Å². The molecular formula is C15H18BrNO. The first-order valence-corrected chi connectivity index (χ1v) is 7.18. The second-order valence-electron chi connectivity index (χ2n) is 4.61. The molecule has 1 amide bonds. The number of benzene rings is 1. The molecule has 1 heterocycles. The molecule has 1 aromatic carbocycles. The summed E-state index contributed by atoms with van der Waals surface area (Å²) in [5, 5.41) is 0. The Labute approximate surface area is 117 Å². The second-order valence-corrected chi connectivity index (χ2v) is 5.52. The third-order valence-electron chi connectivity index (χ3n) is 3.30. The van der Waals surface area contributed by atoms with Gasteiger partial charge in [-0.25, -0.2) is 0 Å². The van der Waals surface area contributed by atoms with E-state index in [1.807, 2.05) is 11.8 Å². The van der Waals surface area contributed by atoms with E-state index in [4.69, 9.17) is 0 Å². The van der Waals surface area contributed by atoms with Crippen molar-refractivity contribution in [1.29, 1.82) is 0 Å². The van der Waals surface area contributed by atoms with E-state index in [9.17, 15) is 4.79 Å². The van der Waals surface area contributed by atoms with Gasteiger partial charge in [0.2, 0.25) is 5.91 Å². The third-order valence-corrected chi connectivity index (χ3v) is 3.83. The Bertz CT molecular complexity index is 450. The van der Waals surface area contributed by atoms with Crippen molar-refractivity contribution in [3.05, 3.63) is 46.0 Å². The number of hydrogen-bond donors (Lipinski definition) is 0. The fraction of sp³-hybridized carbons (Fsp3) is 0.400. The molecule has 0 fully saturated rings. The molecule has 0 spiro atoms. The van der Waals surface area contributed by atoms with E-state index in [1.165, 1.54) is 11.1 Å². The van der Waals surface area contributed by atoms with Crippen molar-refractivity contribution < 1.29 is 4.79 Å². The average molecular weight is 308 g/mol. The zero-order chi connectivity index (χ0) is 13.0. The Morgan fingerprint density at radius 1 is 1.33 bits per heavy atom. The van der Waals surface area contributed by atoms with Crippen molar-refractivity contribution in [3.63, 3.8) is 0 Å². The van der Waals surface area contributed by atoms with Crippen LogP contribution in [-0.2, 0) is 11.2 Å². The first kappa shape index (κ1) is 13.3. The number of carbonyl (C=O) groups excluding carboxylic acids is 1. The van der Waals surface area contributed by atoms with Crippen molar-refractivity contribution in [2.45, 2.75) is 26.2 Å². The smallest absolute Gasteiger partial charge is 0.222 e. The number of hydrogen-bond acceptors (Lipinski definition) is 1. The largest absolute Gasteiger partial charge is 0.339 e. The van der Waals surface area contributed by atoms with Crippen LogP contribution >= 0.6 is 15.9 Å². The Hall–Kier alpha value is -1.09. The average Bonchev–Trinajstić information content (AvgIpc) is 2.41. The van der Waals surface area contributed by atoms with E-state index in [0.717, 1.165) is 30.4 Å². The van der Waals surface area contributed by atoms with Crippen LogP contribution in [0.3, 0.4) is 0 Å². The van der Waals surface area contributed by atoms with Crippen LogP contribution in [0, 0.1) is 0 Å². The van der Waals surface area contributed by atoms with E-state index < -0.39 is 0 Å². The summed E-state index contributed by atoms with van der Waals surface area (Å²) in [4.78, 5) is 13.5. The maximum Gasteiger partial charge on any atom is 0.222 e. The molecule has 0 saturated heterocycles. The molecule has 0 saturated carbocycles. The number of amides is 1. The summed E-state index contributed by atoms with van der Waals surface area (Å²) >= 11 is 3.44. The Balaban J connectivity index is 1.94. The van der Waals surface area contributed by atoms with Gasteiger partial charge in [0.15, 0.2) is 0 Å². The molecule has 2 nitrogen and oxygen atoms in total. The van der Waals surface area contributed by atoms with Crippen LogP contribution in [0.5, 0.6) is 0 Å². The highest BCUT2D eigenvalue weighted by molar-refractivity contribution is 9.10. The van der Waals surface area contributed by atoms with Crippen LogP contribution in [0.25, 0.3) is 0 Å². The summed E-state index contributed by atoms with van der Waals surface area (Å²) in [6, 6.07) is 8.44. The predicted molar refractivity (Wildman–Crippen MR) is 77.4 cm³/mol. The number of carbonyl (C=O) groups is 1. The molecule has 1 aromatic rings. The maximum atomic E-state index is 11.6. The maximum absolute atomic E-state index is 11.6. The standard InChI is InChI=1S/C15H18BrNO/c1-2-15(18)17-9-7-13(8-10-17)11-12-3-5-14(16)6-4-12/h3-7H,2,8-11H2,1H3. The van der Waals surface area contributed by atoms with Gasteiger partial charge >= 0.3 is 0 Å². The fourth-order valence-corrected chi connectivity index (χ4v) is 2.45. The first-order chi connectivity index (χ1) is 8.69. The monoisotopic (exact) mass is 307 g/mol. The van der Waals surface area contributed by atoms with Crippen molar-refractivity contribution in [2.75, 3.05) is 13.1 Å². The lowest BCUT2D eigenvalue weighted by Crippen LogP contribution is -2.34. The fourth-order valence-electron chi connectivity index (χ4n) is 2.19. The molecule has 0 N–H and O–H groups in total. The quantitative estimate of drug-likeness (QED) is 0.782. The van der Waals surface area contributed by atoms with Gasteiger partial charge in [-0.05, 0) is 30.5 Å². The third kappa shape index (κ3) is 3.45. The van der Waals surface area contributed by atoms with Gasteiger partial charge < -0.3 is 4.90 Å². The van der Waals surface area contributed by atoms with Crippen LogP contribution in [-0.4, -0.2) is 23.9 Å². The van der Waals surface area contributed by atoms with E-state index in [0.29, 0.717) is 6.42 Å². The molecule has 0 unspecified atom stereocenters. The minimum Gasteiger partial charge on any atom is -0.339 e. The lowest BCUT2D eigenvalue weighted by molar-refractivity contribution is -0.130. The molecule has 1 aliphatic heterocycles. The molecule has 1 aliphatic rings. The zero-order valence-electron chi connectivity index (χ0n) is 10.7. The van der Waals surface area contributed by atoms with Crippen LogP contribution < -0.4 is 0 Å². The molecule has 0 atom stereocenters. The van der Waals surface area contributed by atoms with Crippen molar-refractivity contribution >= 4 is 21.8 Å². The van der Waals surface area contributed by atoms with E-state index in [-0.39, 0.29) is 5.91 Å². The lowest BCUT2D eigenvalue weighted by atomic mass is 9.99. The molecular weight excluding hydrogens is 290 g/mol. The predicted octanol–water partition coefficient (Wildman–Crippen LogP) is 3.56. The van der Waals surface area contributed by atoms with E-state index >= 15 is 0 Å². The minimum absolute atomic E-state index is 0.258. The summed E-state index contributed by atoms with van der Waals surface area (Å²) in [6.45, 7) is 3.57. The van der Waals surface area contributed by atoms with Gasteiger partial charge in [0.05, 0.1) is 0 Å². The second kappa shape index (κ2) is 6.19. The number of halogens is 1. The van der Waals surface area contributed by atoms with Gasteiger partial charge in [0, 0.05) is 24.0 Å². The summed E-state index contributed by atoms with van der Waals surface area (Å²) < 4.78 is 1.11. The lowest BCUT2D eigenvalue weighted by Gasteiger charge is -2.26. The Morgan fingerprint density at radius 3 is 2.61 bits per heavy atom. The van der Waals surface area contributed by atoms with Gasteiger partial charge in [0.1, 0.15) is 0 Å². The normalized spacial score (nSPS) is 15.4. The van der Waals surface area contributed by atoms with Gasteiger partial charge in [-0.1, -0.05) is 46.6 Å². The van der Waals surface area contributed by atoms with Crippen LogP contribution in [0.15, 0.2) is 40.4 Å². The molecule has 0 radical (unpaired) electrons. The van der Waals surface area contributed by atoms with Crippen LogP contribution in [0.4, 0.5) is 0 Å². The zero-order valence-corrected chi connectivity index (χ0v) is 12.2. The Kier molecular flexibility index (Phi) is 4.59. The molecule has 96 valence electrons. The SMILES string of the molecule is CCC(=O)N1CC=C(Cc2ccc(Br)cc2)CC1. The molecule has 0 aliphatic carbocycles. The minimum atomic E-state index is 0.258. The molecule has 18 heavy (non-hydrogen) atoms. The number of nitrogens with zero attached hydrogens (tertiary/aromatic N) is 1. The van der Waals surface area contributed by atoms with Crippen molar-refractivity contribution in [3.8, 4) is 0 Å². The number of rotatable bonds is 3. The highest BCUT2D eigenvalue weighted by atomic mass is 79.9. The summed E-state index contributed by atoms with van der Waals surface area (Å²) in [5.41, 5.74) is 2.78.